The lowest BCUT2D eigenvalue weighted by Gasteiger charge is -2.24. The fraction of sp³-hybridized carbons (Fsp3) is 0.720. The van der Waals surface area contributed by atoms with E-state index in [1.165, 1.54) is 51.4 Å². The SMILES string of the molecule is CC/C=C\C/C=C\C/C=C\C/C=C\C/C=C\C/C=C\CCCCCCCCC(=O)OC(COC(=O)CCCCCCCCCCCCC)COP(=O)(O)OCC[N+](C)(C)C. The molecule has 0 bridgehead atoms. The Morgan fingerprint density at radius 3 is 1.42 bits per heavy atom. The first kappa shape index (κ1) is 57.4. The van der Waals surface area contributed by atoms with E-state index < -0.39 is 26.5 Å². The molecule has 2 atom stereocenters. The summed E-state index contributed by atoms with van der Waals surface area (Å²) in [5.74, 6) is -0.819. The summed E-state index contributed by atoms with van der Waals surface area (Å²) < 4.78 is 34.3. The number of ether oxygens (including phenoxy) is 2. The number of hydrogen-bond donors (Lipinski definition) is 1. The first-order valence-corrected chi connectivity index (χ1v) is 25.2. The molecule has 0 saturated heterocycles. The summed E-state index contributed by atoms with van der Waals surface area (Å²) in [5.41, 5.74) is 0. The molecule has 0 spiro atoms. The van der Waals surface area contributed by atoms with Crippen molar-refractivity contribution in [1.82, 2.24) is 0 Å². The molecule has 0 heterocycles. The van der Waals surface area contributed by atoms with Crippen molar-refractivity contribution in [1.29, 1.82) is 0 Å². The summed E-state index contributed by atoms with van der Waals surface area (Å²) >= 11 is 0. The van der Waals surface area contributed by atoms with Crippen LogP contribution in [0.4, 0.5) is 0 Å². The minimum Gasteiger partial charge on any atom is -0.462 e. The summed E-state index contributed by atoms with van der Waals surface area (Å²) in [7, 11) is 1.46. The lowest BCUT2D eigenvalue weighted by atomic mass is 10.1. The van der Waals surface area contributed by atoms with Gasteiger partial charge in [-0.25, -0.2) is 4.57 Å². The number of hydrogen-bond acceptors (Lipinski definition) is 7. The largest absolute Gasteiger partial charge is 0.472 e. The number of esters is 2. The number of unbranched alkanes of at least 4 members (excludes halogenated alkanes) is 16. The van der Waals surface area contributed by atoms with Crippen LogP contribution in [0.1, 0.15) is 181 Å². The number of nitrogens with zero attached hydrogens (tertiary/aromatic N) is 1. The van der Waals surface area contributed by atoms with Crippen molar-refractivity contribution in [2.75, 3.05) is 47.5 Å². The van der Waals surface area contributed by atoms with E-state index in [1.807, 2.05) is 21.1 Å². The number of phosphoric acid groups is 1. The van der Waals surface area contributed by atoms with E-state index in [0.29, 0.717) is 17.4 Å². The maximum Gasteiger partial charge on any atom is 0.472 e. The van der Waals surface area contributed by atoms with Crippen molar-refractivity contribution in [3.8, 4) is 0 Å². The van der Waals surface area contributed by atoms with Crippen LogP contribution in [0.2, 0.25) is 0 Å². The minimum atomic E-state index is -4.38. The van der Waals surface area contributed by atoms with Crippen LogP contribution in [0.25, 0.3) is 0 Å². The number of rotatable bonds is 42. The lowest BCUT2D eigenvalue weighted by molar-refractivity contribution is -0.870. The van der Waals surface area contributed by atoms with E-state index >= 15 is 0 Å². The van der Waals surface area contributed by atoms with Gasteiger partial charge >= 0.3 is 19.8 Å². The van der Waals surface area contributed by atoms with Gasteiger partial charge in [0.1, 0.15) is 19.8 Å². The number of likely N-dealkylation sites (N-methyl/N-ethyl adjacent to an activating group) is 1. The third kappa shape index (κ3) is 45.0. The molecule has 0 fully saturated rings. The van der Waals surface area contributed by atoms with Gasteiger partial charge < -0.3 is 18.9 Å². The van der Waals surface area contributed by atoms with Gasteiger partial charge in [0.25, 0.3) is 0 Å². The quantitative estimate of drug-likeness (QED) is 0.0212. The van der Waals surface area contributed by atoms with E-state index in [2.05, 4.69) is 86.8 Å². The Balaban J connectivity index is 4.30. The first-order valence-electron chi connectivity index (χ1n) is 23.7. The fourth-order valence-electron chi connectivity index (χ4n) is 6.08. The Labute approximate surface area is 368 Å². The van der Waals surface area contributed by atoms with Crippen molar-refractivity contribution in [3.63, 3.8) is 0 Å². The zero-order chi connectivity index (χ0) is 44.3. The van der Waals surface area contributed by atoms with E-state index in [4.69, 9.17) is 18.5 Å². The molecule has 0 aliphatic heterocycles. The van der Waals surface area contributed by atoms with Gasteiger partial charge in [0.2, 0.25) is 0 Å². The summed E-state index contributed by atoms with van der Waals surface area (Å²) in [6.45, 7) is 4.27. The van der Waals surface area contributed by atoms with Crippen LogP contribution in [0.5, 0.6) is 0 Å². The maximum atomic E-state index is 12.7. The molecule has 0 aliphatic carbocycles. The second kappa shape index (κ2) is 41.8. The number of quaternary nitrogens is 1. The average Bonchev–Trinajstić information content (AvgIpc) is 3.20. The van der Waals surface area contributed by atoms with Crippen molar-refractivity contribution in [2.45, 2.75) is 187 Å². The van der Waals surface area contributed by atoms with Gasteiger partial charge in [0, 0.05) is 12.8 Å². The van der Waals surface area contributed by atoms with Crippen LogP contribution >= 0.6 is 7.82 Å². The Hall–Kier alpha value is -2.55. The number of allylic oxidation sites excluding steroid dienone is 12. The standard InChI is InChI=1S/C50H88NO8P/c1-6-8-10-12-14-16-18-19-20-21-22-23-24-25-26-27-28-29-30-31-33-35-37-39-41-43-50(53)59-48(47-58-60(54,55)57-45-44-51(3,4)5)46-56-49(52)42-40-38-36-34-32-17-15-13-11-9-7-2/h8,10,14,16,19-20,22-23,25-26,28-29,48H,6-7,9,11-13,15,17-18,21,24,27,30-47H2,1-5H3/p+1/b10-8-,16-14-,20-19-,23-22-,26-25-,29-28-. The molecule has 346 valence electrons. The Morgan fingerprint density at radius 2 is 0.950 bits per heavy atom. The molecule has 0 rings (SSSR count). The number of phosphoric ester groups is 1. The van der Waals surface area contributed by atoms with E-state index in [0.717, 1.165) is 96.3 Å². The molecular formula is C50H89NO8P+. The highest BCUT2D eigenvalue weighted by Gasteiger charge is 2.27. The summed E-state index contributed by atoms with van der Waals surface area (Å²) in [4.78, 5) is 35.4. The zero-order valence-electron chi connectivity index (χ0n) is 38.9. The predicted octanol–water partition coefficient (Wildman–Crippen LogP) is 13.8. The van der Waals surface area contributed by atoms with Gasteiger partial charge in [0.05, 0.1) is 27.7 Å². The first-order chi connectivity index (χ1) is 29.0. The van der Waals surface area contributed by atoms with E-state index in [9.17, 15) is 19.0 Å². The van der Waals surface area contributed by atoms with Gasteiger partial charge in [-0.05, 0) is 64.2 Å². The molecule has 10 heteroatoms. The fourth-order valence-corrected chi connectivity index (χ4v) is 6.82. The molecule has 2 unspecified atom stereocenters. The van der Waals surface area contributed by atoms with Gasteiger partial charge in [0.15, 0.2) is 6.10 Å². The van der Waals surface area contributed by atoms with E-state index in [1.54, 1.807) is 0 Å². The Kier molecular flexibility index (Phi) is 40.0. The van der Waals surface area contributed by atoms with Gasteiger partial charge in [-0.15, -0.1) is 0 Å². The molecule has 0 amide bonds. The van der Waals surface area contributed by atoms with Crippen LogP contribution in [-0.2, 0) is 32.7 Å². The summed E-state index contributed by atoms with van der Waals surface area (Å²) in [6, 6.07) is 0. The molecule has 1 N–H and O–H groups in total. The minimum absolute atomic E-state index is 0.0260. The molecular weight excluding hydrogens is 774 g/mol. The third-order valence-electron chi connectivity index (χ3n) is 9.75. The normalized spacial score (nSPS) is 14.2. The van der Waals surface area contributed by atoms with Crippen molar-refractivity contribution >= 4 is 19.8 Å². The highest BCUT2D eigenvalue weighted by Crippen LogP contribution is 2.43. The Morgan fingerprint density at radius 1 is 0.533 bits per heavy atom. The zero-order valence-corrected chi connectivity index (χ0v) is 39.8. The van der Waals surface area contributed by atoms with Gasteiger partial charge in [-0.3, -0.25) is 18.6 Å². The smallest absolute Gasteiger partial charge is 0.462 e. The molecule has 60 heavy (non-hydrogen) atoms. The highest BCUT2D eigenvalue weighted by atomic mass is 31.2. The van der Waals surface area contributed by atoms with Crippen molar-refractivity contribution < 1.29 is 42.1 Å². The molecule has 0 aliphatic rings. The highest BCUT2D eigenvalue weighted by molar-refractivity contribution is 7.47. The van der Waals surface area contributed by atoms with Crippen LogP contribution in [0, 0.1) is 0 Å². The predicted molar refractivity (Wildman–Crippen MR) is 252 cm³/mol. The Bertz CT molecular complexity index is 1250. The second-order valence-corrected chi connectivity index (χ2v) is 18.2. The molecule has 0 aromatic heterocycles. The van der Waals surface area contributed by atoms with Crippen molar-refractivity contribution in [2.24, 2.45) is 0 Å². The lowest BCUT2D eigenvalue weighted by Crippen LogP contribution is -2.37. The van der Waals surface area contributed by atoms with Crippen LogP contribution in [0.15, 0.2) is 72.9 Å². The van der Waals surface area contributed by atoms with E-state index in [-0.39, 0.29) is 32.0 Å². The molecule has 0 radical (unpaired) electrons. The maximum absolute atomic E-state index is 12.7. The van der Waals surface area contributed by atoms with Crippen LogP contribution in [-0.4, -0.2) is 74.9 Å². The average molecular weight is 863 g/mol. The molecule has 9 nitrogen and oxygen atoms in total. The van der Waals surface area contributed by atoms with Crippen LogP contribution < -0.4 is 0 Å². The van der Waals surface area contributed by atoms with Crippen molar-refractivity contribution in [3.05, 3.63) is 72.9 Å². The molecule has 0 saturated carbocycles. The second-order valence-electron chi connectivity index (χ2n) is 16.8. The summed E-state index contributed by atoms with van der Waals surface area (Å²) in [6.07, 6.45) is 52.4. The summed E-state index contributed by atoms with van der Waals surface area (Å²) in [5, 5.41) is 0. The van der Waals surface area contributed by atoms with Crippen LogP contribution in [0.3, 0.4) is 0 Å². The number of carbonyl (C=O) groups is 2. The number of carbonyl (C=O) groups excluding carboxylic acids is 2. The topological polar surface area (TPSA) is 108 Å². The third-order valence-corrected chi connectivity index (χ3v) is 10.7. The van der Waals surface area contributed by atoms with Gasteiger partial charge in [-0.1, -0.05) is 177 Å². The van der Waals surface area contributed by atoms with Gasteiger partial charge in [-0.2, -0.15) is 0 Å². The molecule has 0 aromatic rings. The molecule has 0 aromatic carbocycles. The monoisotopic (exact) mass is 863 g/mol.